The molecule has 0 fully saturated rings. The SMILES string of the molecule is COCCNc1cnc(C(=O)N(C)Cc2ccccc2)cn1. The van der Waals surface area contributed by atoms with Crippen molar-refractivity contribution in [1.29, 1.82) is 0 Å². The summed E-state index contributed by atoms with van der Waals surface area (Å²) < 4.78 is 4.94. The van der Waals surface area contributed by atoms with Crippen LogP contribution in [0.4, 0.5) is 5.82 Å². The first-order chi connectivity index (χ1) is 10.7. The molecule has 0 atom stereocenters. The van der Waals surface area contributed by atoms with Crippen molar-refractivity contribution in [2.45, 2.75) is 6.54 Å². The molecule has 0 bridgehead atoms. The molecule has 22 heavy (non-hydrogen) atoms. The first-order valence-corrected chi connectivity index (χ1v) is 7.05. The maximum absolute atomic E-state index is 12.3. The van der Waals surface area contributed by atoms with Crippen molar-refractivity contribution in [3.63, 3.8) is 0 Å². The third kappa shape index (κ3) is 4.53. The van der Waals surface area contributed by atoms with Crippen LogP contribution < -0.4 is 5.32 Å². The van der Waals surface area contributed by atoms with Gasteiger partial charge in [0.25, 0.3) is 5.91 Å². The number of nitrogens with one attached hydrogen (secondary N) is 1. The molecule has 0 unspecified atom stereocenters. The van der Waals surface area contributed by atoms with Gasteiger partial charge in [0.2, 0.25) is 0 Å². The van der Waals surface area contributed by atoms with Gasteiger partial charge in [-0.05, 0) is 5.56 Å². The minimum absolute atomic E-state index is 0.153. The van der Waals surface area contributed by atoms with Crippen molar-refractivity contribution in [2.75, 3.05) is 32.6 Å². The molecule has 0 saturated carbocycles. The van der Waals surface area contributed by atoms with Crippen LogP contribution >= 0.6 is 0 Å². The fourth-order valence-electron chi connectivity index (χ4n) is 1.94. The highest BCUT2D eigenvalue weighted by Gasteiger charge is 2.13. The summed E-state index contributed by atoms with van der Waals surface area (Å²) in [5.41, 5.74) is 1.40. The number of benzene rings is 1. The Kier molecular flexibility index (Phi) is 5.85. The molecule has 0 aliphatic rings. The number of carbonyl (C=O) groups is 1. The fraction of sp³-hybridized carbons (Fsp3) is 0.312. The average Bonchev–Trinajstić information content (AvgIpc) is 2.56. The number of anilines is 1. The minimum Gasteiger partial charge on any atom is -0.383 e. The van der Waals surface area contributed by atoms with E-state index in [-0.39, 0.29) is 5.91 Å². The Morgan fingerprint density at radius 3 is 2.64 bits per heavy atom. The number of ether oxygens (including phenoxy) is 1. The number of hydrogen-bond donors (Lipinski definition) is 1. The lowest BCUT2D eigenvalue weighted by atomic mass is 10.2. The Hall–Kier alpha value is -2.47. The Morgan fingerprint density at radius 1 is 1.23 bits per heavy atom. The monoisotopic (exact) mass is 300 g/mol. The van der Waals surface area contributed by atoms with Gasteiger partial charge in [-0.25, -0.2) is 9.97 Å². The van der Waals surface area contributed by atoms with Crippen LogP contribution in [0.15, 0.2) is 42.7 Å². The van der Waals surface area contributed by atoms with Crippen LogP contribution in [0.3, 0.4) is 0 Å². The second-order valence-electron chi connectivity index (χ2n) is 4.85. The maximum atomic E-state index is 12.3. The topological polar surface area (TPSA) is 67.3 Å². The normalized spacial score (nSPS) is 10.3. The third-order valence-electron chi connectivity index (χ3n) is 3.09. The predicted octanol–water partition coefficient (Wildman–Crippen LogP) is 1.81. The smallest absolute Gasteiger partial charge is 0.274 e. The summed E-state index contributed by atoms with van der Waals surface area (Å²) in [4.78, 5) is 22.3. The van der Waals surface area contributed by atoms with Crippen molar-refractivity contribution in [3.05, 3.63) is 54.0 Å². The number of amides is 1. The van der Waals surface area contributed by atoms with Crippen LogP contribution in [0, 0.1) is 0 Å². The molecule has 1 N–H and O–H groups in total. The lowest BCUT2D eigenvalue weighted by molar-refractivity contribution is 0.0779. The molecule has 0 spiro atoms. The predicted molar refractivity (Wildman–Crippen MR) is 84.6 cm³/mol. The van der Waals surface area contributed by atoms with Gasteiger partial charge in [-0.15, -0.1) is 0 Å². The quantitative estimate of drug-likeness (QED) is 0.790. The fourth-order valence-corrected chi connectivity index (χ4v) is 1.94. The van der Waals surface area contributed by atoms with Crippen molar-refractivity contribution >= 4 is 11.7 Å². The molecule has 1 heterocycles. The lowest BCUT2D eigenvalue weighted by Crippen LogP contribution is -2.27. The zero-order valence-electron chi connectivity index (χ0n) is 12.8. The second kappa shape index (κ2) is 8.09. The van der Waals surface area contributed by atoms with Gasteiger partial charge in [0.1, 0.15) is 11.5 Å². The van der Waals surface area contributed by atoms with E-state index < -0.39 is 0 Å². The van der Waals surface area contributed by atoms with Gasteiger partial charge < -0.3 is 15.0 Å². The Labute approximate surface area is 130 Å². The van der Waals surface area contributed by atoms with E-state index in [4.69, 9.17) is 4.74 Å². The van der Waals surface area contributed by atoms with Crippen LogP contribution in [-0.4, -0.2) is 48.1 Å². The van der Waals surface area contributed by atoms with Crippen molar-refractivity contribution in [3.8, 4) is 0 Å². The number of methoxy groups -OCH3 is 1. The van der Waals surface area contributed by atoms with Gasteiger partial charge in [-0.1, -0.05) is 30.3 Å². The number of nitrogens with zero attached hydrogens (tertiary/aromatic N) is 3. The van der Waals surface area contributed by atoms with E-state index in [0.717, 1.165) is 5.56 Å². The minimum atomic E-state index is -0.153. The Balaban J connectivity index is 1.94. The van der Waals surface area contributed by atoms with Crippen LogP contribution in [-0.2, 0) is 11.3 Å². The molecule has 0 aliphatic carbocycles. The van der Waals surface area contributed by atoms with Gasteiger partial charge in [-0.2, -0.15) is 0 Å². The molecule has 6 nitrogen and oxygen atoms in total. The largest absolute Gasteiger partial charge is 0.383 e. The zero-order chi connectivity index (χ0) is 15.8. The van der Waals surface area contributed by atoms with Crippen molar-refractivity contribution in [1.82, 2.24) is 14.9 Å². The Morgan fingerprint density at radius 2 is 2.00 bits per heavy atom. The molecule has 0 aliphatic heterocycles. The first kappa shape index (κ1) is 15.9. The summed E-state index contributed by atoms with van der Waals surface area (Å²) in [6.45, 7) is 1.77. The summed E-state index contributed by atoms with van der Waals surface area (Å²) in [6, 6.07) is 9.82. The van der Waals surface area contributed by atoms with Crippen LogP contribution in [0.2, 0.25) is 0 Å². The van der Waals surface area contributed by atoms with E-state index in [2.05, 4.69) is 15.3 Å². The van der Waals surface area contributed by atoms with Crippen LogP contribution in [0.5, 0.6) is 0 Å². The molecule has 0 saturated heterocycles. The summed E-state index contributed by atoms with van der Waals surface area (Å²) in [5.74, 6) is 0.471. The second-order valence-corrected chi connectivity index (χ2v) is 4.85. The summed E-state index contributed by atoms with van der Waals surface area (Å²) >= 11 is 0. The highest BCUT2D eigenvalue weighted by Crippen LogP contribution is 2.07. The Bertz CT molecular complexity index is 587. The van der Waals surface area contributed by atoms with E-state index in [1.54, 1.807) is 25.3 Å². The molecule has 6 heteroatoms. The van der Waals surface area contributed by atoms with E-state index in [1.807, 2.05) is 30.3 Å². The van der Waals surface area contributed by atoms with Gasteiger partial charge in [0.05, 0.1) is 19.0 Å². The number of aromatic nitrogens is 2. The molecule has 0 radical (unpaired) electrons. The van der Waals surface area contributed by atoms with Gasteiger partial charge in [0, 0.05) is 27.2 Å². The summed E-state index contributed by atoms with van der Waals surface area (Å²) in [7, 11) is 3.39. The molecule has 2 rings (SSSR count). The first-order valence-electron chi connectivity index (χ1n) is 7.05. The van der Waals surface area contributed by atoms with Gasteiger partial charge in [0.15, 0.2) is 0 Å². The molecular formula is C16H20N4O2. The van der Waals surface area contributed by atoms with Gasteiger partial charge >= 0.3 is 0 Å². The number of rotatable bonds is 7. The van der Waals surface area contributed by atoms with E-state index in [0.29, 0.717) is 31.2 Å². The van der Waals surface area contributed by atoms with E-state index in [1.165, 1.54) is 6.20 Å². The average molecular weight is 300 g/mol. The highest BCUT2D eigenvalue weighted by atomic mass is 16.5. The maximum Gasteiger partial charge on any atom is 0.274 e. The standard InChI is InChI=1S/C16H20N4O2/c1-20(12-13-6-4-3-5-7-13)16(21)14-10-19-15(11-18-14)17-8-9-22-2/h3-7,10-11H,8-9,12H2,1-2H3,(H,17,19). The van der Waals surface area contributed by atoms with E-state index >= 15 is 0 Å². The van der Waals surface area contributed by atoms with Crippen LogP contribution in [0.25, 0.3) is 0 Å². The van der Waals surface area contributed by atoms with Crippen LogP contribution in [0.1, 0.15) is 16.1 Å². The number of carbonyl (C=O) groups excluding carboxylic acids is 1. The lowest BCUT2D eigenvalue weighted by Gasteiger charge is -2.16. The molecular weight excluding hydrogens is 280 g/mol. The van der Waals surface area contributed by atoms with E-state index in [9.17, 15) is 4.79 Å². The van der Waals surface area contributed by atoms with Crippen molar-refractivity contribution < 1.29 is 9.53 Å². The zero-order valence-corrected chi connectivity index (χ0v) is 12.8. The molecule has 1 aromatic carbocycles. The van der Waals surface area contributed by atoms with Crippen molar-refractivity contribution in [2.24, 2.45) is 0 Å². The molecule has 2 aromatic rings. The highest BCUT2D eigenvalue weighted by molar-refractivity contribution is 5.91. The molecule has 1 aromatic heterocycles. The third-order valence-corrected chi connectivity index (χ3v) is 3.09. The number of hydrogen-bond acceptors (Lipinski definition) is 5. The summed E-state index contributed by atoms with van der Waals surface area (Å²) in [5, 5.41) is 3.06. The molecule has 1 amide bonds. The van der Waals surface area contributed by atoms with Gasteiger partial charge in [-0.3, -0.25) is 4.79 Å². The summed E-state index contributed by atoms with van der Waals surface area (Å²) in [6.07, 6.45) is 3.04. The molecule has 116 valence electrons.